The summed E-state index contributed by atoms with van der Waals surface area (Å²) in [7, 11) is 1.58. The predicted octanol–water partition coefficient (Wildman–Crippen LogP) is 3.07. The van der Waals surface area contributed by atoms with Gasteiger partial charge >= 0.3 is 0 Å². The average molecular weight is 352 g/mol. The molecule has 2 nitrogen and oxygen atoms in total. The molecule has 0 spiro atoms. The fourth-order valence-electron chi connectivity index (χ4n) is 1.07. The van der Waals surface area contributed by atoms with Gasteiger partial charge in [-0.15, -0.1) is 0 Å². The van der Waals surface area contributed by atoms with Gasteiger partial charge in [-0.3, -0.25) is 0 Å². The lowest BCUT2D eigenvalue weighted by Gasteiger charge is -2.08. The maximum Gasteiger partial charge on any atom is 0.140 e. The highest BCUT2D eigenvalue weighted by Gasteiger charge is 2.09. The second-order valence-electron chi connectivity index (χ2n) is 2.39. The van der Waals surface area contributed by atoms with Gasteiger partial charge in [-0.05, 0) is 34.7 Å². The number of nitrogens with zero attached hydrogens (tertiary/aromatic N) is 1. The molecule has 0 saturated heterocycles. The highest BCUT2D eigenvalue weighted by molar-refractivity contribution is 14.1. The number of benzene rings is 1. The molecular formula is C9H7BrINO. The fraction of sp³-hybridized carbons (Fsp3) is 0.222. The van der Waals surface area contributed by atoms with Crippen molar-refractivity contribution in [2.75, 3.05) is 7.11 Å². The van der Waals surface area contributed by atoms with Crippen LogP contribution in [0.2, 0.25) is 0 Å². The van der Waals surface area contributed by atoms with E-state index in [4.69, 9.17) is 10.00 Å². The minimum absolute atomic E-state index is 0.587. The van der Waals surface area contributed by atoms with Crippen molar-refractivity contribution in [1.82, 2.24) is 0 Å². The molecule has 0 saturated carbocycles. The van der Waals surface area contributed by atoms with Crippen LogP contribution in [0.25, 0.3) is 0 Å². The van der Waals surface area contributed by atoms with Gasteiger partial charge in [-0.2, -0.15) is 5.26 Å². The molecule has 0 aliphatic heterocycles. The lowest BCUT2D eigenvalue weighted by Crippen LogP contribution is -1.94. The molecule has 0 heterocycles. The highest BCUT2D eigenvalue weighted by Crippen LogP contribution is 2.27. The lowest BCUT2D eigenvalue weighted by atomic mass is 10.1. The number of rotatable bonds is 2. The molecule has 0 radical (unpaired) electrons. The lowest BCUT2D eigenvalue weighted by molar-refractivity contribution is 0.410. The summed E-state index contributed by atoms with van der Waals surface area (Å²) in [6.07, 6.45) is 0. The van der Waals surface area contributed by atoms with Crippen molar-refractivity contribution >= 4 is 38.5 Å². The Morgan fingerprint density at radius 1 is 1.62 bits per heavy atom. The minimum atomic E-state index is 0.587. The van der Waals surface area contributed by atoms with E-state index < -0.39 is 0 Å². The third-order valence-corrected chi connectivity index (χ3v) is 2.83. The van der Waals surface area contributed by atoms with Gasteiger partial charge in [0.05, 0.1) is 12.7 Å². The van der Waals surface area contributed by atoms with Crippen LogP contribution in [-0.4, -0.2) is 7.11 Å². The van der Waals surface area contributed by atoms with Gasteiger partial charge in [0.1, 0.15) is 11.8 Å². The van der Waals surface area contributed by atoms with Gasteiger partial charge in [0, 0.05) is 14.5 Å². The van der Waals surface area contributed by atoms with Crippen LogP contribution in [0.3, 0.4) is 0 Å². The van der Waals surface area contributed by atoms with Gasteiger partial charge in [0.25, 0.3) is 0 Å². The topological polar surface area (TPSA) is 33.0 Å². The molecule has 1 rings (SSSR count). The molecule has 13 heavy (non-hydrogen) atoms. The number of hydrogen-bond donors (Lipinski definition) is 0. The van der Waals surface area contributed by atoms with Gasteiger partial charge in [-0.25, -0.2) is 0 Å². The van der Waals surface area contributed by atoms with Crippen molar-refractivity contribution in [2.45, 2.75) is 5.33 Å². The number of ether oxygens (including phenoxy) is 1. The average Bonchev–Trinajstić information content (AvgIpc) is 2.16. The Hall–Kier alpha value is -0.280. The van der Waals surface area contributed by atoms with Crippen LogP contribution in [0.5, 0.6) is 5.75 Å². The molecule has 68 valence electrons. The molecule has 0 fully saturated rings. The second kappa shape index (κ2) is 4.82. The molecule has 4 heteroatoms. The number of nitriles is 1. The van der Waals surface area contributed by atoms with Crippen LogP contribution in [-0.2, 0) is 5.33 Å². The molecule has 0 aliphatic rings. The first-order valence-corrected chi connectivity index (χ1v) is 5.75. The molecule has 0 aliphatic carbocycles. The number of halogens is 2. The smallest absolute Gasteiger partial charge is 0.140 e. The molecule has 0 atom stereocenters. The Balaban J connectivity index is 3.36. The summed E-state index contributed by atoms with van der Waals surface area (Å²) in [6.45, 7) is 0. The maximum absolute atomic E-state index is 8.85. The molecule has 1 aromatic rings. The van der Waals surface area contributed by atoms with Crippen molar-refractivity contribution in [3.63, 3.8) is 0 Å². The SMILES string of the molecule is COc1c(C#N)cc(I)cc1CBr. The van der Waals surface area contributed by atoms with Crippen LogP contribution in [0.4, 0.5) is 0 Å². The zero-order chi connectivity index (χ0) is 9.84. The number of methoxy groups -OCH3 is 1. The predicted molar refractivity (Wildman–Crippen MR) is 63.1 cm³/mol. The summed E-state index contributed by atoms with van der Waals surface area (Å²) < 4.78 is 6.20. The standard InChI is InChI=1S/C9H7BrINO/c1-13-9-6(4-10)2-8(11)3-7(9)5-12/h2-3H,4H2,1H3. The van der Waals surface area contributed by atoms with E-state index in [0.29, 0.717) is 16.6 Å². The Kier molecular flexibility index (Phi) is 4.00. The zero-order valence-electron chi connectivity index (χ0n) is 6.97. The minimum Gasteiger partial charge on any atom is -0.495 e. The van der Waals surface area contributed by atoms with Gasteiger partial charge in [0.15, 0.2) is 0 Å². The van der Waals surface area contributed by atoms with Crippen molar-refractivity contribution in [2.24, 2.45) is 0 Å². The van der Waals surface area contributed by atoms with Crippen LogP contribution in [0.15, 0.2) is 12.1 Å². The largest absolute Gasteiger partial charge is 0.495 e. The summed E-state index contributed by atoms with van der Waals surface area (Å²) >= 11 is 5.54. The molecule has 0 bridgehead atoms. The van der Waals surface area contributed by atoms with E-state index in [2.05, 4.69) is 44.6 Å². The van der Waals surface area contributed by atoms with E-state index in [-0.39, 0.29) is 0 Å². The van der Waals surface area contributed by atoms with E-state index in [1.54, 1.807) is 7.11 Å². The van der Waals surface area contributed by atoms with E-state index in [0.717, 1.165) is 9.13 Å². The van der Waals surface area contributed by atoms with Crippen molar-refractivity contribution < 1.29 is 4.74 Å². The number of alkyl halides is 1. The quantitative estimate of drug-likeness (QED) is 0.606. The van der Waals surface area contributed by atoms with Crippen LogP contribution in [0, 0.1) is 14.9 Å². The second-order valence-corrected chi connectivity index (χ2v) is 4.20. The van der Waals surface area contributed by atoms with E-state index in [9.17, 15) is 0 Å². The highest BCUT2D eigenvalue weighted by atomic mass is 127. The van der Waals surface area contributed by atoms with Crippen molar-refractivity contribution in [3.05, 3.63) is 26.8 Å². The Bertz CT molecular complexity index is 359. The molecular weight excluding hydrogens is 345 g/mol. The number of hydrogen-bond acceptors (Lipinski definition) is 2. The third kappa shape index (κ3) is 2.35. The van der Waals surface area contributed by atoms with E-state index in [1.807, 2.05) is 12.1 Å². The first kappa shape index (κ1) is 10.8. The van der Waals surface area contributed by atoms with Gasteiger partial charge < -0.3 is 4.74 Å². The molecule has 0 N–H and O–H groups in total. The Morgan fingerprint density at radius 2 is 2.31 bits per heavy atom. The Labute approximate surface area is 99.2 Å². The molecule has 0 aromatic heterocycles. The van der Waals surface area contributed by atoms with E-state index in [1.165, 1.54) is 0 Å². The fourth-order valence-corrected chi connectivity index (χ4v) is 2.18. The Morgan fingerprint density at radius 3 is 2.77 bits per heavy atom. The van der Waals surface area contributed by atoms with Gasteiger partial charge in [0.2, 0.25) is 0 Å². The monoisotopic (exact) mass is 351 g/mol. The van der Waals surface area contributed by atoms with Crippen LogP contribution >= 0.6 is 38.5 Å². The van der Waals surface area contributed by atoms with Gasteiger partial charge in [-0.1, -0.05) is 15.9 Å². The van der Waals surface area contributed by atoms with Crippen molar-refractivity contribution in [3.8, 4) is 11.8 Å². The maximum atomic E-state index is 8.85. The summed E-state index contributed by atoms with van der Waals surface area (Å²) in [5.74, 6) is 0.666. The summed E-state index contributed by atoms with van der Waals surface area (Å²) in [5.41, 5.74) is 1.59. The molecule has 0 unspecified atom stereocenters. The van der Waals surface area contributed by atoms with Crippen molar-refractivity contribution in [1.29, 1.82) is 5.26 Å². The van der Waals surface area contributed by atoms with Crippen LogP contribution in [0.1, 0.15) is 11.1 Å². The first-order chi connectivity index (χ1) is 6.22. The van der Waals surface area contributed by atoms with E-state index >= 15 is 0 Å². The summed E-state index contributed by atoms with van der Waals surface area (Å²) in [6, 6.07) is 5.92. The van der Waals surface area contributed by atoms with Crippen LogP contribution < -0.4 is 4.74 Å². The normalized spacial score (nSPS) is 9.38. The first-order valence-electron chi connectivity index (χ1n) is 3.55. The zero-order valence-corrected chi connectivity index (χ0v) is 10.7. The summed E-state index contributed by atoms with van der Waals surface area (Å²) in [4.78, 5) is 0. The third-order valence-electron chi connectivity index (χ3n) is 1.60. The molecule has 1 aromatic carbocycles. The summed E-state index contributed by atoms with van der Waals surface area (Å²) in [5, 5.41) is 9.54. The molecule has 0 amide bonds.